The molecule has 0 amide bonds. The number of hydrogen-bond acceptors (Lipinski definition) is 6. The molecule has 0 aromatic carbocycles. The fourth-order valence-electron chi connectivity index (χ4n) is 2.71. The fourth-order valence-corrected chi connectivity index (χ4v) is 2.71. The first kappa shape index (κ1) is 16.2. The lowest BCUT2D eigenvalue weighted by Gasteiger charge is -2.35. The van der Waals surface area contributed by atoms with Crippen molar-refractivity contribution in [2.45, 2.75) is 13.0 Å². The first-order valence-corrected chi connectivity index (χ1v) is 8.18. The molecule has 3 rings (SSSR count). The van der Waals surface area contributed by atoms with Crippen LogP contribution in [0.4, 0.5) is 5.82 Å². The molecule has 1 fully saturated rings. The topological polar surface area (TPSA) is 65.3 Å². The smallest absolute Gasteiger partial charge is 0.215 e. The number of aromatic nitrogens is 2. The lowest BCUT2D eigenvalue weighted by atomic mass is 10.3. The summed E-state index contributed by atoms with van der Waals surface area (Å²) in [5.74, 6) is 1.58. The minimum atomic E-state index is 0.487. The summed E-state index contributed by atoms with van der Waals surface area (Å²) in [7, 11) is 0. The van der Waals surface area contributed by atoms with Crippen molar-refractivity contribution in [3.63, 3.8) is 0 Å². The number of pyridine rings is 2. The molecule has 0 aliphatic carbocycles. The number of nitrogens with zero attached hydrogens (tertiary/aromatic N) is 5. The van der Waals surface area contributed by atoms with Gasteiger partial charge in [0.15, 0.2) is 0 Å². The molecule has 1 aliphatic heterocycles. The molecule has 0 spiro atoms. The average Bonchev–Trinajstić information content (AvgIpc) is 2.66. The van der Waals surface area contributed by atoms with E-state index in [-0.39, 0.29) is 0 Å². The highest BCUT2D eigenvalue weighted by molar-refractivity contribution is 5.41. The van der Waals surface area contributed by atoms with Crippen molar-refractivity contribution in [2.75, 3.05) is 37.6 Å². The quantitative estimate of drug-likeness (QED) is 0.811. The molecule has 0 atom stereocenters. The molecular formula is C18H21N5O. The van der Waals surface area contributed by atoms with Crippen molar-refractivity contribution in [2.24, 2.45) is 0 Å². The molecule has 24 heavy (non-hydrogen) atoms. The molecule has 0 bridgehead atoms. The van der Waals surface area contributed by atoms with Crippen LogP contribution in [-0.2, 0) is 6.61 Å². The van der Waals surface area contributed by atoms with Gasteiger partial charge >= 0.3 is 0 Å². The number of ether oxygens (including phenoxy) is 1. The van der Waals surface area contributed by atoms with Gasteiger partial charge in [-0.2, -0.15) is 10.2 Å². The van der Waals surface area contributed by atoms with Gasteiger partial charge in [0.1, 0.15) is 12.4 Å². The molecular weight excluding hydrogens is 302 g/mol. The van der Waals surface area contributed by atoms with Crippen LogP contribution in [-0.4, -0.2) is 47.6 Å². The summed E-state index contributed by atoms with van der Waals surface area (Å²) in [6.07, 6.45) is 4.11. The predicted molar refractivity (Wildman–Crippen MR) is 91.7 cm³/mol. The molecule has 6 nitrogen and oxygen atoms in total. The Hall–Kier alpha value is -2.65. The number of anilines is 1. The Morgan fingerprint density at radius 1 is 1.08 bits per heavy atom. The van der Waals surface area contributed by atoms with Crippen molar-refractivity contribution in [3.05, 3.63) is 48.3 Å². The molecule has 1 saturated heterocycles. The Morgan fingerprint density at radius 2 is 1.88 bits per heavy atom. The molecule has 0 unspecified atom stereocenters. The zero-order valence-electron chi connectivity index (χ0n) is 13.6. The second-order valence-electron chi connectivity index (χ2n) is 5.71. The minimum Gasteiger partial charge on any atom is -0.473 e. The maximum Gasteiger partial charge on any atom is 0.215 e. The van der Waals surface area contributed by atoms with Gasteiger partial charge in [-0.3, -0.25) is 9.88 Å². The first-order valence-electron chi connectivity index (χ1n) is 8.18. The number of rotatable bonds is 6. The van der Waals surface area contributed by atoms with E-state index in [0.717, 1.165) is 44.1 Å². The van der Waals surface area contributed by atoms with Crippen molar-refractivity contribution in [1.82, 2.24) is 14.9 Å². The molecule has 124 valence electrons. The van der Waals surface area contributed by atoms with Crippen molar-refractivity contribution >= 4 is 5.82 Å². The Balaban J connectivity index is 1.55. The summed E-state index contributed by atoms with van der Waals surface area (Å²) in [4.78, 5) is 13.2. The molecule has 2 aromatic rings. The highest BCUT2D eigenvalue weighted by atomic mass is 16.5. The molecule has 1 aliphatic rings. The van der Waals surface area contributed by atoms with Crippen LogP contribution in [0.5, 0.6) is 5.88 Å². The SMILES string of the molecule is N#CCCN1CCN(c2cccc(OCc3ccncc3)n2)CC1. The van der Waals surface area contributed by atoms with E-state index in [0.29, 0.717) is 18.9 Å². The molecule has 3 heterocycles. The summed E-state index contributed by atoms with van der Waals surface area (Å²) in [6, 6.07) is 12.0. The Bertz CT molecular complexity index is 677. The monoisotopic (exact) mass is 323 g/mol. The lowest BCUT2D eigenvalue weighted by molar-refractivity contribution is 0.262. The second-order valence-corrected chi connectivity index (χ2v) is 5.71. The second kappa shape index (κ2) is 8.27. The van der Waals surface area contributed by atoms with Gasteiger partial charge in [-0.25, -0.2) is 0 Å². The Morgan fingerprint density at radius 3 is 2.62 bits per heavy atom. The van der Waals surface area contributed by atoms with Crippen LogP contribution < -0.4 is 9.64 Å². The van der Waals surface area contributed by atoms with E-state index in [1.807, 2.05) is 30.3 Å². The van der Waals surface area contributed by atoms with E-state index < -0.39 is 0 Å². The van der Waals surface area contributed by atoms with Crippen molar-refractivity contribution in [3.8, 4) is 11.9 Å². The van der Waals surface area contributed by atoms with Crippen molar-refractivity contribution < 1.29 is 4.74 Å². The largest absolute Gasteiger partial charge is 0.473 e. The first-order chi connectivity index (χ1) is 11.8. The van der Waals surface area contributed by atoms with Gasteiger partial charge in [0.2, 0.25) is 5.88 Å². The summed E-state index contributed by atoms with van der Waals surface area (Å²) < 4.78 is 5.79. The van der Waals surface area contributed by atoms with Crippen molar-refractivity contribution in [1.29, 1.82) is 5.26 Å². The fraction of sp³-hybridized carbons (Fsp3) is 0.389. The lowest BCUT2D eigenvalue weighted by Crippen LogP contribution is -2.46. The van der Waals surface area contributed by atoms with Gasteiger partial charge in [0, 0.05) is 57.6 Å². The Labute approximate surface area is 142 Å². The van der Waals surface area contributed by atoms with Gasteiger partial charge in [-0.05, 0) is 23.8 Å². The van der Waals surface area contributed by atoms with E-state index in [1.54, 1.807) is 12.4 Å². The maximum atomic E-state index is 8.68. The third-order valence-corrected chi connectivity index (χ3v) is 4.08. The zero-order valence-corrected chi connectivity index (χ0v) is 13.6. The van der Waals surface area contributed by atoms with E-state index >= 15 is 0 Å². The van der Waals surface area contributed by atoms with Crippen LogP contribution in [0.3, 0.4) is 0 Å². The maximum absolute atomic E-state index is 8.68. The van der Waals surface area contributed by atoms with Crippen LogP contribution in [0.15, 0.2) is 42.7 Å². The molecule has 0 N–H and O–H groups in total. The molecule has 0 radical (unpaired) electrons. The Kier molecular flexibility index (Phi) is 5.59. The highest BCUT2D eigenvalue weighted by Crippen LogP contribution is 2.18. The zero-order chi connectivity index (χ0) is 16.6. The molecule has 6 heteroatoms. The van der Waals surface area contributed by atoms with E-state index in [4.69, 9.17) is 10.00 Å². The van der Waals surface area contributed by atoms with E-state index in [2.05, 4.69) is 25.8 Å². The van der Waals surface area contributed by atoms with Gasteiger partial charge in [0.05, 0.1) is 6.07 Å². The number of piperazine rings is 1. The van der Waals surface area contributed by atoms with Crippen LogP contribution in [0.25, 0.3) is 0 Å². The van der Waals surface area contributed by atoms with Crippen LogP contribution in [0.2, 0.25) is 0 Å². The minimum absolute atomic E-state index is 0.487. The van der Waals surface area contributed by atoms with E-state index in [1.165, 1.54) is 0 Å². The van der Waals surface area contributed by atoms with Gasteiger partial charge in [0.25, 0.3) is 0 Å². The summed E-state index contributed by atoms with van der Waals surface area (Å²) in [5.41, 5.74) is 1.07. The van der Waals surface area contributed by atoms with Gasteiger partial charge in [-0.15, -0.1) is 0 Å². The third-order valence-electron chi connectivity index (χ3n) is 4.08. The highest BCUT2D eigenvalue weighted by Gasteiger charge is 2.17. The number of nitriles is 1. The van der Waals surface area contributed by atoms with Gasteiger partial charge < -0.3 is 9.64 Å². The average molecular weight is 323 g/mol. The van der Waals surface area contributed by atoms with Crippen LogP contribution in [0.1, 0.15) is 12.0 Å². The number of hydrogen-bond donors (Lipinski definition) is 0. The third kappa shape index (κ3) is 4.43. The van der Waals surface area contributed by atoms with Crippen LogP contribution in [0, 0.1) is 11.3 Å². The predicted octanol–water partition coefficient (Wildman–Crippen LogP) is 2.09. The summed E-state index contributed by atoms with van der Waals surface area (Å²) >= 11 is 0. The molecule has 0 saturated carbocycles. The normalized spacial score (nSPS) is 15.0. The van der Waals surface area contributed by atoms with Crippen LogP contribution >= 0.6 is 0 Å². The molecule has 2 aromatic heterocycles. The standard InChI is InChI=1S/C18H21N5O/c19-7-2-10-22-11-13-23(14-12-22)17-3-1-4-18(21-17)24-15-16-5-8-20-9-6-16/h1,3-6,8-9H,2,10-15H2. The van der Waals surface area contributed by atoms with Gasteiger partial charge in [-0.1, -0.05) is 6.07 Å². The summed E-state index contributed by atoms with van der Waals surface area (Å²) in [5, 5.41) is 8.68. The summed E-state index contributed by atoms with van der Waals surface area (Å²) in [6.45, 7) is 5.11. The van der Waals surface area contributed by atoms with E-state index in [9.17, 15) is 0 Å².